The number of rotatable bonds is 6. The molecule has 1 N–H and O–H groups in total. The third-order valence-electron chi connectivity index (χ3n) is 4.68. The van der Waals surface area contributed by atoms with Crippen molar-refractivity contribution in [3.8, 4) is 28.6 Å². The summed E-state index contributed by atoms with van der Waals surface area (Å²) >= 11 is 1.42. The Morgan fingerprint density at radius 1 is 1.13 bits per heavy atom. The summed E-state index contributed by atoms with van der Waals surface area (Å²) in [6.07, 6.45) is 5.30. The normalized spacial score (nSPS) is 10.8. The van der Waals surface area contributed by atoms with Crippen molar-refractivity contribution in [3.05, 3.63) is 59.4 Å². The molecule has 0 saturated carbocycles. The molecular formula is C21H21N5O3S. The Labute approximate surface area is 177 Å². The van der Waals surface area contributed by atoms with Crippen LogP contribution in [0.25, 0.3) is 17.1 Å². The number of thiazole rings is 1. The average Bonchev–Trinajstić information content (AvgIpc) is 3.47. The maximum absolute atomic E-state index is 12.9. The van der Waals surface area contributed by atoms with Crippen molar-refractivity contribution in [1.82, 2.24) is 19.3 Å². The maximum Gasteiger partial charge on any atom is 0.262 e. The van der Waals surface area contributed by atoms with Gasteiger partial charge in [0.15, 0.2) is 16.6 Å². The van der Waals surface area contributed by atoms with Gasteiger partial charge in [-0.2, -0.15) is 5.10 Å². The van der Waals surface area contributed by atoms with E-state index < -0.39 is 0 Å². The van der Waals surface area contributed by atoms with Gasteiger partial charge < -0.3 is 14.0 Å². The molecule has 0 fully saturated rings. The van der Waals surface area contributed by atoms with Crippen LogP contribution in [0.15, 0.2) is 48.9 Å². The number of hydrogen-bond donors (Lipinski definition) is 1. The highest BCUT2D eigenvalue weighted by Crippen LogP contribution is 2.36. The molecule has 0 bridgehead atoms. The van der Waals surface area contributed by atoms with E-state index in [0.29, 0.717) is 28.0 Å². The first-order valence-corrected chi connectivity index (χ1v) is 10.00. The third kappa shape index (κ3) is 3.55. The van der Waals surface area contributed by atoms with Crippen molar-refractivity contribution in [2.45, 2.75) is 6.92 Å². The molecule has 1 amide bonds. The lowest BCUT2D eigenvalue weighted by Gasteiger charge is -2.09. The average molecular weight is 423 g/mol. The number of nitrogens with zero attached hydrogens (tertiary/aromatic N) is 4. The Morgan fingerprint density at radius 3 is 2.57 bits per heavy atom. The van der Waals surface area contributed by atoms with Crippen molar-refractivity contribution in [2.24, 2.45) is 7.05 Å². The van der Waals surface area contributed by atoms with Crippen molar-refractivity contribution >= 4 is 22.4 Å². The summed E-state index contributed by atoms with van der Waals surface area (Å²) in [5, 5.41) is 7.65. The molecule has 3 heterocycles. The van der Waals surface area contributed by atoms with Gasteiger partial charge in [0.2, 0.25) is 0 Å². The van der Waals surface area contributed by atoms with Gasteiger partial charge in [0.25, 0.3) is 5.91 Å². The molecule has 0 saturated heterocycles. The predicted molar refractivity (Wildman–Crippen MR) is 116 cm³/mol. The van der Waals surface area contributed by atoms with Gasteiger partial charge in [0, 0.05) is 29.9 Å². The molecule has 0 spiro atoms. The van der Waals surface area contributed by atoms with E-state index in [1.807, 2.05) is 54.2 Å². The SMILES string of the molecule is COc1ccc(-c2nc(NC(=O)c3cnn(C)c3-n3cccc3)sc2C)cc1OC. The minimum atomic E-state index is -0.264. The highest BCUT2D eigenvalue weighted by Gasteiger charge is 2.20. The van der Waals surface area contributed by atoms with Crippen LogP contribution in [0.4, 0.5) is 5.13 Å². The first kappa shape index (κ1) is 19.7. The number of benzene rings is 1. The first-order chi connectivity index (χ1) is 14.5. The molecular weight excluding hydrogens is 402 g/mol. The fourth-order valence-corrected chi connectivity index (χ4v) is 4.07. The van der Waals surface area contributed by atoms with E-state index >= 15 is 0 Å². The van der Waals surface area contributed by atoms with E-state index in [1.54, 1.807) is 32.1 Å². The Bertz CT molecular complexity index is 1190. The van der Waals surface area contributed by atoms with Crippen molar-refractivity contribution in [1.29, 1.82) is 0 Å². The van der Waals surface area contributed by atoms with E-state index in [4.69, 9.17) is 9.47 Å². The molecule has 0 aliphatic heterocycles. The van der Waals surface area contributed by atoms with Gasteiger partial charge in [0.05, 0.1) is 26.1 Å². The summed E-state index contributed by atoms with van der Waals surface area (Å²) in [6.45, 7) is 1.97. The number of hydrogen-bond acceptors (Lipinski definition) is 6. The summed E-state index contributed by atoms with van der Waals surface area (Å²) in [4.78, 5) is 18.5. The van der Waals surface area contributed by atoms with Crippen LogP contribution in [0.2, 0.25) is 0 Å². The van der Waals surface area contributed by atoms with E-state index in [2.05, 4.69) is 15.4 Å². The van der Waals surface area contributed by atoms with E-state index in [0.717, 1.165) is 16.1 Å². The number of amides is 1. The van der Waals surface area contributed by atoms with Crippen molar-refractivity contribution < 1.29 is 14.3 Å². The van der Waals surface area contributed by atoms with Gasteiger partial charge in [-0.05, 0) is 37.3 Å². The first-order valence-electron chi connectivity index (χ1n) is 9.18. The third-order valence-corrected chi connectivity index (χ3v) is 5.56. The highest BCUT2D eigenvalue weighted by molar-refractivity contribution is 7.16. The lowest BCUT2D eigenvalue weighted by Crippen LogP contribution is -2.14. The summed E-state index contributed by atoms with van der Waals surface area (Å²) in [7, 11) is 4.99. The molecule has 0 unspecified atom stereocenters. The molecule has 30 heavy (non-hydrogen) atoms. The fourth-order valence-electron chi connectivity index (χ4n) is 3.24. The van der Waals surface area contributed by atoms with E-state index in [-0.39, 0.29) is 5.91 Å². The Morgan fingerprint density at radius 2 is 1.87 bits per heavy atom. The molecule has 3 aromatic heterocycles. The van der Waals surface area contributed by atoms with Gasteiger partial charge in [0.1, 0.15) is 11.4 Å². The second kappa shape index (κ2) is 8.03. The van der Waals surface area contributed by atoms with Crippen molar-refractivity contribution in [2.75, 3.05) is 19.5 Å². The van der Waals surface area contributed by atoms with E-state index in [9.17, 15) is 4.79 Å². The van der Waals surface area contributed by atoms with Crippen LogP contribution in [0, 0.1) is 6.92 Å². The summed E-state index contributed by atoms with van der Waals surface area (Å²) in [5.41, 5.74) is 2.14. The molecule has 1 aromatic carbocycles. The number of carbonyl (C=O) groups excluding carboxylic acids is 1. The van der Waals surface area contributed by atoms with Crippen LogP contribution in [0.3, 0.4) is 0 Å². The van der Waals surface area contributed by atoms with Gasteiger partial charge in [-0.25, -0.2) is 4.98 Å². The van der Waals surface area contributed by atoms with Crippen LogP contribution < -0.4 is 14.8 Å². The molecule has 4 rings (SSSR count). The second-order valence-electron chi connectivity index (χ2n) is 6.54. The van der Waals surface area contributed by atoms with Crippen LogP contribution in [0.1, 0.15) is 15.2 Å². The zero-order valence-electron chi connectivity index (χ0n) is 17.0. The zero-order chi connectivity index (χ0) is 21.3. The number of ether oxygens (including phenoxy) is 2. The lowest BCUT2D eigenvalue weighted by molar-refractivity contribution is 0.102. The molecule has 0 aliphatic rings. The van der Waals surface area contributed by atoms with E-state index in [1.165, 1.54) is 11.3 Å². The number of methoxy groups -OCH3 is 2. The Balaban J connectivity index is 1.62. The van der Waals surface area contributed by atoms with Crippen molar-refractivity contribution in [3.63, 3.8) is 0 Å². The monoisotopic (exact) mass is 423 g/mol. The Kier molecular flexibility index (Phi) is 5.28. The van der Waals surface area contributed by atoms with Gasteiger partial charge in [-0.3, -0.25) is 14.8 Å². The van der Waals surface area contributed by atoms with Crippen LogP contribution in [-0.2, 0) is 7.05 Å². The number of anilines is 1. The van der Waals surface area contributed by atoms with Gasteiger partial charge in [-0.15, -0.1) is 11.3 Å². The molecule has 9 heteroatoms. The van der Waals surface area contributed by atoms with Crippen LogP contribution in [0.5, 0.6) is 11.5 Å². The molecule has 0 atom stereocenters. The van der Waals surface area contributed by atoms with Crippen LogP contribution >= 0.6 is 11.3 Å². The number of carbonyl (C=O) groups is 1. The molecule has 8 nitrogen and oxygen atoms in total. The van der Waals surface area contributed by atoms with Crippen LogP contribution in [-0.4, -0.2) is 39.5 Å². The summed E-state index contributed by atoms with van der Waals surface area (Å²) in [6, 6.07) is 9.42. The largest absolute Gasteiger partial charge is 0.493 e. The maximum atomic E-state index is 12.9. The van der Waals surface area contributed by atoms with Gasteiger partial charge in [-0.1, -0.05) is 0 Å². The highest BCUT2D eigenvalue weighted by atomic mass is 32.1. The smallest absolute Gasteiger partial charge is 0.262 e. The second-order valence-corrected chi connectivity index (χ2v) is 7.75. The zero-order valence-corrected chi connectivity index (χ0v) is 17.9. The molecule has 0 radical (unpaired) electrons. The molecule has 154 valence electrons. The summed E-state index contributed by atoms with van der Waals surface area (Å²) < 4.78 is 14.2. The Hall–Kier alpha value is -3.59. The molecule has 4 aromatic rings. The number of nitrogens with one attached hydrogen (secondary N) is 1. The topological polar surface area (TPSA) is 83.2 Å². The minimum absolute atomic E-state index is 0.264. The standard InChI is InChI=1S/C21H21N5O3S/c1-13-18(14-7-8-16(28-3)17(11-14)29-4)23-21(30-13)24-19(27)15-12-22-25(2)20(15)26-9-5-6-10-26/h5-12H,1-4H3,(H,23,24,27). The lowest BCUT2D eigenvalue weighted by atomic mass is 10.1. The predicted octanol–water partition coefficient (Wildman–Crippen LogP) is 3.91. The number of aryl methyl sites for hydroxylation is 2. The minimum Gasteiger partial charge on any atom is -0.493 e. The molecule has 0 aliphatic carbocycles. The number of aromatic nitrogens is 4. The quantitative estimate of drug-likeness (QED) is 0.508. The fraction of sp³-hybridized carbons (Fsp3) is 0.190. The van der Waals surface area contributed by atoms with Gasteiger partial charge >= 0.3 is 0 Å². The summed E-state index contributed by atoms with van der Waals surface area (Å²) in [5.74, 6) is 1.70.